The monoisotopic (exact) mass is 830 g/mol. The van der Waals surface area contributed by atoms with Gasteiger partial charge in [0, 0.05) is 53.6 Å². The van der Waals surface area contributed by atoms with Gasteiger partial charge in [0.05, 0.1) is 23.3 Å². The van der Waals surface area contributed by atoms with E-state index in [1.165, 1.54) is 0 Å². The van der Waals surface area contributed by atoms with Gasteiger partial charge in [-0.05, 0) is 131 Å². The normalized spacial score (nSPS) is 11.4. The van der Waals surface area contributed by atoms with Gasteiger partial charge < -0.3 is 9.80 Å². The molecular weight excluding hydrogens is 793 g/mol. The summed E-state index contributed by atoms with van der Waals surface area (Å²) in [6, 6.07) is 79.4. The first kappa shape index (κ1) is 39.5. The number of anilines is 6. The number of allylic oxidation sites excluding steroid dienone is 2. The fraction of sp³-hybridized carbons (Fsp3) is 0. The average molecular weight is 831 g/mol. The Bertz CT molecular complexity index is 2760. The summed E-state index contributed by atoms with van der Waals surface area (Å²) in [4.78, 5) is 8.72. The number of hydrogen-bond acceptors (Lipinski definition) is 6. The van der Waals surface area contributed by atoms with Crippen molar-refractivity contribution >= 4 is 80.1 Å². The lowest BCUT2D eigenvalue weighted by Gasteiger charge is -2.25. The van der Waals surface area contributed by atoms with E-state index in [0.29, 0.717) is 11.1 Å². The predicted octanol–water partition coefficient (Wildman–Crippen LogP) is 16.2. The van der Waals surface area contributed by atoms with Crippen LogP contribution in [0.15, 0.2) is 218 Å². The summed E-state index contributed by atoms with van der Waals surface area (Å²) < 4.78 is 0. The number of nitriles is 2. The SMILES string of the molecule is N#C/C(=C\c1ccc(-c2ccc(-c3ccc(/C=C(/C#N)c4ccc(N(c5ccccc5)c5ccccc5)cc4)s3)cc2)s1)c1ccc(N(c2ccccc2)c2ccccc2)cc1. The molecule has 9 rings (SSSR count). The van der Waals surface area contributed by atoms with Crippen LogP contribution in [-0.4, -0.2) is 0 Å². The lowest BCUT2D eigenvalue weighted by molar-refractivity contribution is 1.28. The molecule has 0 saturated heterocycles. The summed E-state index contributed by atoms with van der Waals surface area (Å²) in [5.74, 6) is 0. The topological polar surface area (TPSA) is 54.1 Å². The molecule has 6 heteroatoms. The number of hydrogen-bond donors (Lipinski definition) is 0. The molecule has 0 saturated carbocycles. The van der Waals surface area contributed by atoms with Gasteiger partial charge in [0.1, 0.15) is 0 Å². The Balaban J connectivity index is 0.886. The van der Waals surface area contributed by atoms with Gasteiger partial charge in [-0.25, -0.2) is 0 Å². The molecule has 0 spiro atoms. The van der Waals surface area contributed by atoms with Gasteiger partial charge in [-0.1, -0.05) is 121 Å². The third-order valence-corrected chi connectivity index (χ3v) is 12.6. The molecule has 0 bridgehead atoms. The molecule has 0 radical (unpaired) electrons. The molecule has 294 valence electrons. The largest absolute Gasteiger partial charge is 0.311 e. The van der Waals surface area contributed by atoms with E-state index in [4.69, 9.17) is 0 Å². The number of thiophene rings is 2. The number of para-hydroxylation sites is 4. The van der Waals surface area contributed by atoms with Crippen LogP contribution in [0.3, 0.4) is 0 Å². The fourth-order valence-corrected chi connectivity index (χ4v) is 9.31. The molecule has 0 atom stereocenters. The molecule has 9 aromatic rings. The molecule has 0 fully saturated rings. The predicted molar refractivity (Wildman–Crippen MR) is 262 cm³/mol. The maximum Gasteiger partial charge on any atom is 0.0998 e. The van der Waals surface area contributed by atoms with Gasteiger partial charge >= 0.3 is 0 Å². The molecule has 7 aromatic carbocycles. The minimum Gasteiger partial charge on any atom is -0.311 e. The van der Waals surface area contributed by atoms with E-state index in [0.717, 1.165) is 75.9 Å². The van der Waals surface area contributed by atoms with Crippen LogP contribution in [-0.2, 0) is 0 Å². The van der Waals surface area contributed by atoms with Crippen molar-refractivity contribution in [3.8, 4) is 33.0 Å². The third-order valence-electron chi connectivity index (χ3n) is 10.5. The van der Waals surface area contributed by atoms with E-state index >= 15 is 0 Å². The molecule has 0 aliphatic heterocycles. The van der Waals surface area contributed by atoms with Crippen LogP contribution >= 0.6 is 22.7 Å². The molecule has 0 N–H and O–H groups in total. The first-order valence-electron chi connectivity index (χ1n) is 20.2. The maximum atomic E-state index is 10.2. The third kappa shape index (κ3) is 8.80. The zero-order valence-electron chi connectivity index (χ0n) is 33.5. The van der Waals surface area contributed by atoms with Crippen LogP contribution in [0.4, 0.5) is 34.1 Å². The highest BCUT2D eigenvalue weighted by molar-refractivity contribution is 7.16. The average Bonchev–Trinajstić information content (AvgIpc) is 4.03. The zero-order valence-corrected chi connectivity index (χ0v) is 35.2. The van der Waals surface area contributed by atoms with Crippen LogP contribution in [0.1, 0.15) is 20.9 Å². The second-order valence-corrected chi connectivity index (χ2v) is 16.7. The van der Waals surface area contributed by atoms with Crippen molar-refractivity contribution in [3.05, 3.63) is 239 Å². The molecule has 0 amide bonds. The highest BCUT2D eigenvalue weighted by atomic mass is 32.1. The Kier molecular flexibility index (Phi) is 11.8. The Morgan fingerprint density at radius 2 is 0.629 bits per heavy atom. The molecule has 0 aliphatic carbocycles. The van der Waals surface area contributed by atoms with Gasteiger partial charge in [-0.2, -0.15) is 10.5 Å². The van der Waals surface area contributed by atoms with Gasteiger partial charge in [-0.15, -0.1) is 22.7 Å². The summed E-state index contributed by atoms with van der Waals surface area (Å²) in [5.41, 5.74) is 11.5. The van der Waals surface area contributed by atoms with Crippen molar-refractivity contribution in [2.45, 2.75) is 0 Å². The molecule has 2 aromatic heterocycles. The van der Waals surface area contributed by atoms with Crippen LogP contribution in [0.2, 0.25) is 0 Å². The number of rotatable bonds is 12. The van der Waals surface area contributed by atoms with Gasteiger partial charge in [0.25, 0.3) is 0 Å². The molecule has 62 heavy (non-hydrogen) atoms. The van der Waals surface area contributed by atoms with E-state index in [-0.39, 0.29) is 0 Å². The van der Waals surface area contributed by atoms with Gasteiger partial charge in [0.2, 0.25) is 0 Å². The van der Waals surface area contributed by atoms with Crippen LogP contribution in [0.5, 0.6) is 0 Å². The Morgan fingerprint density at radius 3 is 0.919 bits per heavy atom. The Morgan fingerprint density at radius 1 is 0.339 bits per heavy atom. The molecule has 2 heterocycles. The lowest BCUT2D eigenvalue weighted by Crippen LogP contribution is -2.09. The smallest absolute Gasteiger partial charge is 0.0998 e. The van der Waals surface area contributed by atoms with Crippen molar-refractivity contribution in [1.82, 2.24) is 0 Å². The number of nitrogens with zero attached hydrogens (tertiary/aromatic N) is 4. The van der Waals surface area contributed by atoms with Gasteiger partial charge in [-0.3, -0.25) is 0 Å². The van der Waals surface area contributed by atoms with Crippen molar-refractivity contribution in [1.29, 1.82) is 10.5 Å². The Hall–Kier alpha value is -8.00. The lowest BCUT2D eigenvalue weighted by atomic mass is 10.0. The highest BCUT2D eigenvalue weighted by Gasteiger charge is 2.15. The van der Waals surface area contributed by atoms with Crippen molar-refractivity contribution in [2.75, 3.05) is 9.80 Å². The Labute approximate surface area is 370 Å². The first-order valence-corrected chi connectivity index (χ1v) is 21.8. The van der Waals surface area contributed by atoms with Crippen molar-refractivity contribution < 1.29 is 0 Å². The summed E-state index contributed by atoms with van der Waals surface area (Å²) in [6.45, 7) is 0. The second kappa shape index (κ2) is 18.5. The molecule has 4 nitrogen and oxygen atoms in total. The van der Waals surface area contributed by atoms with Gasteiger partial charge in [0.15, 0.2) is 0 Å². The minimum atomic E-state index is 0.614. The summed E-state index contributed by atoms with van der Waals surface area (Å²) in [7, 11) is 0. The van der Waals surface area contributed by atoms with E-state index in [1.807, 2.05) is 109 Å². The van der Waals surface area contributed by atoms with Crippen LogP contribution in [0.25, 0.3) is 44.2 Å². The van der Waals surface area contributed by atoms with E-state index < -0.39 is 0 Å². The molecule has 0 aliphatic rings. The highest BCUT2D eigenvalue weighted by Crippen LogP contribution is 2.38. The molecular formula is C56H38N4S2. The second-order valence-electron chi connectivity index (χ2n) is 14.4. The number of benzene rings is 7. The van der Waals surface area contributed by atoms with Crippen molar-refractivity contribution in [3.63, 3.8) is 0 Å². The quantitative estimate of drug-likeness (QED) is 0.115. The van der Waals surface area contributed by atoms with E-state index in [1.54, 1.807) is 22.7 Å². The van der Waals surface area contributed by atoms with Crippen molar-refractivity contribution in [2.24, 2.45) is 0 Å². The molecule has 0 unspecified atom stereocenters. The van der Waals surface area contributed by atoms with Crippen LogP contribution in [0, 0.1) is 22.7 Å². The first-order chi connectivity index (χ1) is 30.6. The minimum absolute atomic E-state index is 0.614. The van der Waals surface area contributed by atoms with Crippen LogP contribution < -0.4 is 9.80 Å². The maximum absolute atomic E-state index is 10.2. The standard InChI is InChI=1S/C56H38N4S2/c57-39-45(41-25-29-51(30-26-41)59(47-13-5-1-6-14-47)48-15-7-2-8-16-48)37-53-33-35-55(61-53)43-21-23-44(24-22-43)56-36-34-54(62-56)38-46(40-58)42-27-31-52(32-28-42)60(49-17-9-3-10-18-49)50-19-11-4-12-20-50/h1-38H/b45-37-,46-38+. The summed E-state index contributed by atoms with van der Waals surface area (Å²) in [6.07, 6.45) is 3.94. The van der Waals surface area contributed by atoms with E-state index in [2.05, 4.69) is 143 Å². The fourth-order valence-electron chi connectivity index (χ4n) is 7.40. The summed E-state index contributed by atoms with van der Waals surface area (Å²) >= 11 is 3.33. The zero-order chi connectivity index (χ0) is 42.1. The van der Waals surface area contributed by atoms with E-state index in [9.17, 15) is 10.5 Å². The summed E-state index contributed by atoms with van der Waals surface area (Å²) in [5, 5.41) is 20.4.